The van der Waals surface area contributed by atoms with Gasteiger partial charge in [0.2, 0.25) is 0 Å². The molecule has 23 heteroatoms. The summed E-state index contributed by atoms with van der Waals surface area (Å²) in [6, 6.07) is 0. The number of halogens is 21. The summed E-state index contributed by atoms with van der Waals surface area (Å²) in [6.07, 6.45) is -16.9. The van der Waals surface area contributed by atoms with Gasteiger partial charge in [-0.25, -0.2) is 9.18 Å². The molecule has 0 saturated carbocycles. The molecule has 0 amide bonds. The SMILES string of the molecule is O=C(O)C(F)(F)C(F)(F)C(F)(F)C(F)(F)C(F)(F)C(F)(F)C(F)(F)C(F)(C(F)(F)F)C(F)(F)F. The molecule has 0 unspecified atom stereocenters. The fraction of sp³-hybridized carbons (Fsp3) is 0.909. The summed E-state index contributed by atoms with van der Waals surface area (Å²) in [6.45, 7) is 0. The molecule has 0 saturated heterocycles. The number of carbonyl (C=O) groups is 1. The Bertz CT molecular complexity index is 772. The molecule has 0 atom stereocenters. The third kappa shape index (κ3) is 3.49. The van der Waals surface area contributed by atoms with E-state index >= 15 is 0 Å². The third-order valence-corrected chi connectivity index (χ3v) is 3.85. The molecule has 34 heavy (non-hydrogen) atoms. The van der Waals surface area contributed by atoms with Gasteiger partial charge in [-0.05, 0) is 0 Å². The highest BCUT2D eigenvalue weighted by Gasteiger charge is 2.99. The van der Waals surface area contributed by atoms with E-state index in [1.165, 1.54) is 0 Å². The Labute approximate surface area is 169 Å². The van der Waals surface area contributed by atoms with E-state index in [9.17, 15) is 97.0 Å². The summed E-state index contributed by atoms with van der Waals surface area (Å²) >= 11 is 0. The minimum atomic E-state index is -9.37. The first-order chi connectivity index (χ1) is 14.2. The number of hydrogen-bond donors (Lipinski definition) is 1. The van der Waals surface area contributed by atoms with Gasteiger partial charge in [0.1, 0.15) is 0 Å². The summed E-state index contributed by atoms with van der Waals surface area (Å²) in [7, 11) is 0. The lowest BCUT2D eigenvalue weighted by Crippen LogP contribution is -2.78. The van der Waals surface area contributed by atoms with E-state index in [0.717, 1.165) is 0 Å². The van der Waals surface area contributed by atoms with Crippen molar-refractivity contribution in [3.8, 4) is 0 Å². The van der Waals surface area contributed by atoms with Crippen LogP contribution < -0.4 is 0 Å². The van der Waals surface area contributed by atoms with Crippen molar-refractivity contribution in [2.45, 2.75) is 59.5 Å². The average Bonchev–Trinajstić information content (AvgIpc) is 2.57. The van der Waals surface area contributed by atoms with E-state index in [-0.39, 0.29) is 0 Å². The van der Waals surface area contributed by atoms with Gasteiger partial charge >= 0.3 is 65.4 Å². The molecule has 204 valence electrons. The molecule has 0 aromatic heterocycles. The molecule has 0 spiro atoms. The van der Waals surface area contributed by atoms with Crippen LogP contribution in [0.1, 0.15) is 0 Å². The van der Waals surface area contributed by atoms with Crippen molar-refractivity contribution < 1.29 is 102 Å². The predicted molar refractivity (Wildman–Crippen MR) is 58.2 cm³/mol. The van der Waals surface area contributed by atoms with Crippen LogP contribution in [0.4, 0.5) is 92.2 Å². The highest BCUT2D eigenvalue weighted by atomic mass is 19.4. The van der Waals surface area contributed by atoms with Crippen LogP contribution in [0.3, 0.4) is 0 Å². The van der Waals surface area contributed by atoms with Gasteiger partial charge in [0, 0.05) is 0 Å². The van der Waals surface area contributed by atoms with Crippen LogP contribution >= 0.6 is 0 Å². The molecule has 0 aromatic carbocycles. The molecule has 0 aromatic rings. The van der Waals surface area contributed by atoms with Gasteiger partial charge in [-0.3, -0.25) is 0 Å². The van der Waals surface area contributed by atoms with E-state index in [1.54, 1.807) is 0 Å². The standard InChI is InChI=1S/C11HF21O2/c12-2(13,1(33)34)4(15,16)6(19,20)8(23,24)9(25,26)7(21,22)5(17,18)3(14,10(27,28)29)11(30,31)32/h(H,33,34). The van der Waals surface area contributed by atoms with Crippen LogP contribution in [0.15, 0.2) is 0 Å². The van der Waals surface area contributed by atoms with Crippen LogP contribution in [-0.2, 0) is 4.79 Å². The van der Waals surface area contributed by atoms with Gasteiger partial charge in [0.05, 0.1) is 0 Å². The fourth-order valence-electron chi connectivity index (χ4n) is 1.85. The van der Waals surface area contributed by atoms with Crippen LogP contribution in [0.5, 0.6) is 0 Å². The molecule has 0 aliphatic carbocycles. The number of carboxylic acids is 1. The van der Waals surface area contributed by atoms with Gasteiger partial charge < -0.3 is 5.11 Å². The quantitative estimate of drug-likeness (QED) is 0.349. The number of hydrogen-bond acceptors (Lipinski definition) is 1. The first kappa shape index (κ1) is 32.0. The summed E-state index contributed by atoms with van der Waals surface area (Å²) in [4.78, 5) is 9.84. The lowest BCUT2D eigenvalue weighted by Gasteiger charge is -2.45. The van der Waals surface area contributed by atoms with Gasteiger partial charge in [0.25, 0.3) is 0 Å². The van der Waals surface area contributed by atoms with Crippen molar-refractivity contribution >= 4 is 5.97 Å². The van der Waals surface area contributed by atoms with E-state index in [0.29, 0.717) is 0 Å². The van der Waals surface area contributed by atoms with Crippen molar-refractivity contribution in [3.05, 3.63) is 0 Å². The fourth-order valence-corrected chi connectivity index (χ4v) is 1.85. The Hall–Kier alpha value is -2.00. The zero-order chi connectivity index (χ0) is 28.6. The summed E-state index contributed by atoms with van der Waals surface area (Å²) in [5.74, 6) is -66.8. The Balaban J connectivity index is 7.29. The Morgan fingerprint density at radius 2 is 0.588 bits per heavy atom. The van der Waals surface area contributed by atoms with Gasteiger partial charge in [-0.2, -0.15) is 87.8 Å². The summed E-state index contributed by atoms with van der Waals surface area (Å²) in [5.41, 5.74) is -8.96. The molecule has 1 N–H and O–H groups in total. The third-order valence-electron chi connectivity index (χ3n) is 3.85. The van der Waals surface area contributed by atoms with Gasteiger partial charge in [-0.15, -0.1) is 0 Å². The van der Waals surface area contributed by atoms with Gasteiger partial charge in [0.15, 0.2) is 0 Å². The number of aliphatic carboxylic acids is 1. The molecule has 0 bridgehead atoms. The van der Waals surface area contributed by atoms with E-state index < -0.39 is 65.4 Å². The zero-order valence-electron chi connectivity index (χ0n) is 14.3. The molecule has 2 nitrogen and oxygen atoms in total. The predicted octanol–water partition coefficient (Wildman–Crippen LogP) is 6.35. The Morgan fingerprint density at radius 1 is 0.382 bits per heavy atom. The van der Waals surface area contributed by atoms with Crippen LogP contribution in [0.25, 0.3) is 0 Å². The maximum atomic E-state index is 13.3. The molecular weight excluding hydrogens is 563 g/mol. The lowest BCUT2D eigenvalue weighted by atomic mass is 9.83. The van der Waals surface area contributed by atoms with Crippen molar-refractivity contribution in [1.82, 2.24) is 0 Å². The first-order valence-corrected chi connectivity index (χ1v) is 6.90. The molecule has 0 rings (SSSR count). The smallest absolute Gasteiger partial charge is 0.438 e. The minimum absolute atomic E-state index is 4.56. The maximum absolute atomic E-state index is 13.3. The monoisotopic (exact) mass is 564 g/mol. The Morgan fingerprint density at radius 3 is 0.794 bits per heavy atom. The molecule has 0 aliphatic heterocycles. The van der Waals surface area contributed by atoms with E-state index in [2.05, 4.69) is 0 Å². The number of carboxylic acid groups (broad SMARTS) is 1. The second-order valence-corrected chi connectivity index (χ2v) is 5.98. The second kappa shape index (κ2) is 7.50. The van der Waals surface area contributed by atoms with Crippen molar-refractivity contribution in [2.75, 3.05) is 0 Å². The molecule has 0 heterocycles. The van der Waals surface area contributed by atoms with E-state index in [1.807, 2.05) is 0 Å². The van der Waals surface area contributed by atoms with Crippen LogP contribution in [0.2, 0.25) is 0 Å². The Kier molecular flexibility index (Phi) is 7.06. The van der Waals surface area contributed by atoms with Crippen molar-refractivity contribution in [3.63, 3.8) is 0 Å². The van der Waals surface area contributed by atoms with Crippen molar-refractivity contribution in [2.24, 2.45) is 0 Å². The summed E-state index contributed by atoms with van der Waals surface area (Å²) in [5, 5.41) is 7.62. The normalized spacial score (nSPS) is 16.6. The second-order valence-electron chi connectivity index (χ2n) is 5.98. The topological polar surface area (TPSA) is 37.3 Å². The van der Waals surface area contributed by atoms with Crippen molar-refractivity contribution in [1.29, 1.82) is 0 Å². The minimum Gasteiger partial charge on any atom is -0.477 e. The highest BCUT2D eigenvalue weighted by Crippen LogP contribution is 2.67. The highest BCUT2D eigenvalue weighted by molar-refractivity contribution is 5.77. The molecule has 0 radical (unpaired) electrons. The lowest BCUT2D eigenvalue weighted by molar-refractivity contribution is -0.476. The summed E-state index contributed by atoms with van der Waals surface area (Å²) < 4.78 is 270. The number of alkyl halides is 21. The average molecular weight is 564 g/mol. The van der Waals surface area contributed by atoms with E-state index in [4.69, 9.17) is 5.11 Å². The maximum Gasteiger partial charge on any atom is 0.438 e. The molecule has 0 aliphatic rings. The molecular formula is C11HF21O2. The van der Waals surface area contributed by atoms with Gasteiger partial charge in [-0.1, -0.05) is 0 Å². The largest absolute Gasteiger partial charge is 0.477 e. The first-order valence-electron chi connectivity index (χ1n) is 6.90. The molecule has 0 fully saturated rings. The number of rotatable bonds is 8. The van der Waals surface area contributed by atoms with Crippen LogP contribution in [0, 0.1) is 0 Å². The van der Waals surface area contributed by atoms with Crippen LogP contribution in [-0.4, -0.2) is 70.6 Å². The zero-order valence-corrected chi connectivity index (χ0v) is 14.3.